The summed E-state index contributed by atoms with van der Waals surface area (Å²) in [6, 6.07) is 3.94. The summed E-state index contributed by atoms with van der Waals surface area (Å²) in [7, 11) is 1.70. The Kier molecular flexibility index (Phi) is 7.04. The van der Waals surface area contributed by atoms with Crippen molar-refractivity contribution in [2.24, 2.45) is 5.92 Å². The van der Waals surface area contributed by atoms with Crippen LogP contribution < -0.4 is 5.32 Å². The number of carboxylic acids is 1. The van der Waals surface area contributed by atoms with Crippen LogP contribution >= 0.6 is 0 Å². The Hall–Kier alpha value is -2.85. The first kappa shape index (κ1) is 23.3. The van der Waals surface area contributed by atoms with E-state index in [1.807, 2.05) is 0 Å². The van der Waals surface area contributed by atoms with Crippen LogP contribution in [0.15, 0.2) is 28.8 Å². The number of nitrogens with one attached hydrogen (secondary N) is 1. The van der Waals surface area contributed by atoms with E-state index in [0.29, 0.717) is 25.6 Å². The number of likely N-dealkylation sites (tertiary alicyclic amines) is 1. The van der Waals surface area contributed by atoms with Crippen molar-refractivity contribution >= 4 is 11.9 Å². The number of halogens is 2. The second-order valence-corrected chi connectivity index (χ2v) is 8.69. The molecule has 2 heterocycles. The quantitative estimate of drug-likeness (QED) is 0.678. The summed E-state index contributed by atoms with van der Waals surface area (Å²) in [5, 5.41) is 16.2. The van der Waals surface area contributed by atoms with Crippen LogP contribution in [0.2, 0.25) is 0 Å². The molecule has 4 rings (SSSR count). The predicted octanol–water partition coefficient (Wildman–Crippen LogP) is 3.08. The molecular weight excluding hydrogens is 436 g/mol. The van der Waals surface area contributed by atoms with Crippen LogP contribution in [0.25, 0.3) is 11.3 Å². The normalized spacial score (nSPS) is 26.2. The number of hydrogen-bond acceptors (Lipinski definition) is 6. The lowest BCUT2D eigenvalue weighted by Gasteiger charge is -2.43. The Morgan fingerprint density at radius 1 is 1.24 bits per heavy atom. The van der Waals surface area contributed by atoms with Crippen LogP contribution in [-0.4, -0.2) is 65.4 Å². The van der Waals surface area contributed by atoms with Gasteiger partial charge in [-0.2, -0.15) is 0 Å². The van der Waals surface area contributed by atoms with Crippen molar-refractivity contribution in [2.45, 2.75) is 50.3 Å². The number of benzene rings is 1. The van der Waals surface area contributed by atoms with Gasteiger partial charge in [-0.05, 0) is 44.2 Å². The van der Waals surface area contributed by atoms with E-state index >= 15 is 0 Å². The van der Waals surface area contributed by atoms with Crippen molar-refractivity contribution in [1.82, 2.24) is 15.4 Å². The monoisotopic (exact) mass is 463 g/mol. The highest BCUT2D eigenvalue weighted by Gasteiger charge is 2.39. The maximum Gasteiger partial charge on any atom is 0.309 e. The first-order valence-electron chi connectivity index (χ1n) is 11.1. The summed E-state index contributed by atoms with van der Waals surface area (Å²) in [5.41, 5.74) is -0.128. The SMILES string of the molecule is COC1CCCC(N2CC[C@@H](NC(=O)c3cc(-c4ccc(F)cc4F)on3)[C@H](C(=O)O)C2)C1. The standard InChI is InChI=1S/C23H27F2N3O5/c1-32-15-4-2-3-14(10-15)28-8-7-19(17(12-28)23(30)31)26-22(29)20-11-21(33-27-20)16-6-5-13(24)9-18(16)25/h5-6,9,11,14-15,17,19H,2-4,7-8,10,12H2,1H3,(H,26,29)(H,30,31)/t14?,15?,17-,19-/m1/s1. The first-order valence-corrected chi connectivity index (χ1v) is 11.1. The Morgan fingerprint density at radius 3 is 2.79 bits per heavy atom. The predicted molar refractivity (Wildman–Crippen MR) is 113 cm³/mol. The van der Waals surface area contributed by atoms with Gasteiger partial charge in [-0.1, -0.05) is 5.16 Å². The zero-order chi connectivity index (χ0) is 23.5. The summed E-state index contributed by atoms with van der Waals surface area (Å²) in [5.74, 6) is -3.94. The molecule has 0 spiro atoms. The van der Waals surface area contributed by atoms with Gasteiger partial charge in [0.15, 0.2) is 11.5 Å². The van der Waals surface area contributed by atoms with Gasteiger partial charge in [0.25, 0.3) is 5.91 Å². The van der Waals surface area contributed by atoms with Crippen molar-refractivity contribution in [3.63, 3.8) is 0 Å². The lowest BCUT2D eigenvalue weighted by atomic mass is 9.86. The van der Waals surface area contributed by atoms with E-state index in [4.69, 9.17) is 9.26 Å². The van der Waals surface area contributed by atoms with Gasteiger partial charge in [-0.15, -0.1) is 0 Å². The first-order chi connectivity index (χ1) is 15.9. The fourth-order valence-corrected chi connectivity index (χ4v) is 4.84. The molecule has 1 aliphatic heterocycles. The number of carbonyl (C=O) groups excluding carboxylic acids is 1. The molecule has 0 radical (unpaired) electrons. The number of ether oxygens (including phenoxy) is 1. The summed E-state index contributed by atoms with van der Waals surface area (Å²) in [4.78, 5) is 26.9. The number of nitrogens with zero attached hydrogens (tertiary/aromatic N) is 2. The third-order valence-electron chi connectivity index (χ3n) is 6.67. The van der Waals surface area contributed by atoms with Gasteiger partial charge in [-0.25, -0.2) is 8.78 Å². The molecule has 1 saturated heterocycles. The van der Waals surface area contributed by atoms with Crippen LogP contribution in [0.3, 0.4) is 0 Å². The van der Waals surface area contributed by atoms with E-state index < -0.39 is 35.5 Å². The molecule has 1 saturated carbocycles. The highest BCUT2D eigenvalue weighted by Crippen LogP contribution is 2.29. The number of aromatic nitrogens is 1. The number of carboxylic acid groups (broad SMARTS) is 1. The van der Waals surface area contributed by atoms with Gasteiger partial charge in [0, 0.05) is 44.4 Å². The van der Waals surface area contributed by atoms with Gasteiger partial charge in [-0.3, -0.25) is 14.5 Å². The van der Waals surface area contributed by atoms with Crippen LogP contribution in [-0.2, 0) is 9.53 Å². The van der Waals surface area contributed by atoms with E-state index in [-0.39, 0.29) is 29.2 Å². The smallest absolute Gasteiger partial charge is 0.309 e. The highest BCUT2D eigenvalue weighted by molar-refractivity contribution is 5.93. The maximum atomic E-state index is 14.0. The van der Waals surface area contributed by atoms with E-state index in [1.165, 1.54) is 12.1 Å². The molecule has 1 aromatic heterocycles. The lowest BCUT2D eigenvalue weighted by molar-refractivity contribution is -0.145. The van der Waals surface area contributed by atoms with Crippen LogP contribution in [0.5, 0.6) is 0 Å². The summed E-state index contributed by atoms with van der Waals surface area (Å²) in [6.45, 7) is 1.01. The van der Waals surface area contributed by atoms with E-state index in [9.17, 15) is 23.5 Å². The van der Waals surface area contributed by atoms with Crippen molar-refractivity contribution in [3.8, 4) is 11.3 Å². The van der Waals surface area contributed by atoms with Gasteiger partial charge in [0.1, 0.15) is 11.6 Å². The third-order valence-corrected chi connectivity index (χ3v) is 6.67. The number of hydrogen-bond donors (Lipinski definition) is 2. The van der Waals surface area contributed by atoms with Gasteiger partial charge < -0.3 is 19.7 Å². The molecule has 2 aromatic rings. The van der Waals surface area contributed by atoms with Gasteiger partial charge >= 0.3 is 5.97 Å². The van der Waals surface area contributed by atoms with Crippen molar-refractivity contribution < 1.29 is 32.7 Å². The molecule has 10 heteroatoms. The molecule has 1 aromatic carbocycles. The van der Waals surface area contributed by atoms with Crippen molar-refractivity contribution in [3.05, 3.63) is 41.6 Å². The highest BCUT2D eigenvalue weighted by atomic mass is 19.1. The average molecular weight is 463 g/mol. The summed E-state index contributed by atoms with van der Waals surface area (Å²) < 4.78 is 37.7. The number of aliphatic carboxylic acids is 1. The minimum absolute atomic E-state index is 0.0211. The van der Waals surface area contributed by atoms with Gasteiger partial charge in [0.05, 0.1) is 17.6 Å². The van der Waals surface area contributed by atoms with E-state index in [2.05, 4.69) is 15.4 Å². The second-order valence-electron chi connectivity index (χ2n) is 8.69. The molecule has 4 atom stereocenters. The topological polar surface area (TPSA) is 105 Å². The largest absolute Gasteiger partial charge is 0.481 e. The fraction of sp³-hybridized carbons (Fsp3) is 0.522. The van der Waals surface area contributed by atoms with Crippen LogP contribution in [0.4, 0.5) is 8.78 Å². The van der Waals surface area contributed by atoms with Crippen molar-refractivity contribution in [1.29, 1.82) is 0 Å². The molecular formula is C23H27F2N3O5. The minimum atomic E-state index is -0.974. The molecule has 0 bridgehead atoms. The average Bonchev–Trinajstić information content (AvgIpc) is 3.29. The van der Waals surface area contributed by atoms with E-state index in [0.717, 1.165) is 31.7 Å². The van der Waals surface area contributed by atoms with Gasteiger partial charge in [0.2, 0.25) is 0 Å². The Morgan fingerprint density at radius 2 is 2.06 bits per heavy atom. The molecule has 33 heavy (non-hydrogen) atoms. The second kappa shape index (κ2) is 9.96. The zero-order valence-electron chi connectivity index (χ0n) is 18.3. The maximum absolute atomic E-state index is 14.0. The van der Waals surface area contributed by atoms with Crippen LogP contribution in [0, 0.1) is 17.6 Å². The van der Waals surface area contributed by atoms with Crippen molar-refractivity contribution in [2.75, 3.05) is 20.2 Å². The molecule has 2 aliphatic rings. The lowest BCUT2D eigenvalue weighted by Crippen LogP contribution is -2.56. The Balaban J connectivity index is 1.41. The fourth-order valence-electron chi connectivity index (χ4n) is 4.84. The summed E-state index contributed by atoms with van der Waals surface area (Å²) >= 11 is 0. The molecule has 8 nitrogen and oxygen atoms in total. The molecule has 1 aliphatic carbocycles. The minimum Gasteiger partial charge on any atom is -0.481 e. The number of carbonyl (C=O) groups is 2. The van der Waals surface area contributed by atoms with Crippen LogP contribution in [0.1, 0.15) is 42.6 Å². The summed E-state index contributed by atoms with van der Waals surface area (Å²) in [6.07, 6.45) is 4.61. The number of amides is 1. The third kappa shape index (κ3) is 5.22. The number of piperidine rings is 1. The Labute approximate surface area is 189 Å². The van der Waals surface area contributed by atoms with E-state index in [1.54, 1.807) is 7.11 Å². The number of rotatable bonds is 6. The zero-order valence-corrected chi connectivity index (χ0v) is 18.3. The molecule has 2 unspecified atom stereocenters. The number of methoxy groups -OCH3 is 1. The molecule has 2 fully saturated rings. The Bertz CT molecular complexity index is 1010. The molecule has 1 amide bonds. The molecule has 2 N–H and O–H groups in total. The molecule has 178 valence electrons.